The maximum atomic E-state index is 3.19. The minimum absolute atomic E-state index is 0.125. The number of hydrogen-bond donors (Lipinski definition) is 0. The van der Waals surface area contributed by atoms with Crippen molar-refractivity contribution in [3.05, 3.63) is 47.4 Å². The zero-order valence-electron chi connectivity index (χ0n) is 9.50. The van der Waals surface area contributed by atoms with E-state index >= 15 is 0 Å². The molecule has 85 valence electrons. The Bertz CT molecular complexity index is 359. The van der Waals surface area contributed by atoms with Crippen molar-refractivity contribution < 1.29 is 15.0 Å². The van der Waals surface area contributed by atoms with Crippen LogP contribution in [0.5, 0.6) is 0 Å². The number of benzene rings is 1. The van der Waals surface area contributed by atoms with Gasteiger partial charge in [-0.3, -0.25) is 0 Å². The molecular weight excluding hydrogens is 364 g/mol. The van der Waals surface area contributed by atoms with Crippen LogP contribution in [0.15, 0.2) is 29.8 Å². The maximum absolute atomic E-state index is 3.19. The molecule has 0 unspecified atom stereocenters. The molecule has 0 saturated carbocycles. The van der Waals surface area contributed by atoms with Crippen molar-refractivity contribution in [2.75, 3.05) is 0 Å². The monoisotopic (exact) mass is 377 g/mol. The van der Waals surface area contributed by atoms with Crippen molar-refractivity contribution in [2.24, 2.45) is 5.92 Å². The van der Waals surface area contributed by atoms with E-state index in [1.54, 1.807) is 0 Å². The van der Waals surface area contributed by atoms with Crippen LogP contribution < -0.4 is 0 Å². The fourth-order valence-corrected chi connectivity index (χ4v) is 1.80. The Morgan fingerprint density at radius 1 is 1.12 bits per heavy atom. The van der Waals surface area contributed by atoms with E-state index < -0.39 is 0 Å². The molecule has 1 aliphatic rings. The van der Waals surface area contributed by atoms with E-state index in [1.165, 1.54) is 23.1 Å². The molecule has 0 nitrogen and oxygen atoms in total. The summed E-state index contributed by atoms with van der Waals surface area (Å²) >= 11 is 6.50. The summed E-state index contributed by atoms with van der Waals surface area (Å²) in [6.07, 6.45) is 5.79. The van der Waals surface area contributed by atoms with Gasteiger partial charge >= 0.3 is 41.3 Å². The van der Waals surface area contributed by atoms with Gasteiger partial charge in [-0.15, -0.1) is 0 Å². The third-order valence-corrected chi connectivity index (χ3v) is 2.32. The van der Waals surface area contributed by atoms with Crippen LogP contribution in [0.2, 0.25) is 0 Å². The molecule has 1 radical (unpaired) electrons. The molecular formula is C13H15Br2Ti. The summed E-state index contributed by atoms with van der Waals surface area (Å²) in [6.45, 7) is 4.52. The second-order valence-corrected chi connectivity index (χ2v) is 12.0. The first-order chi connectivity index (χ1) is 7.67. The van der Waals surface area contributed by atoms with E-state index in [4.69, 9.17) is 0 Å². The molecule has 2 rings (SSSR count). The van der Waals surface area contributed by atoms with Crippen molar-refractivity contribution in [1.29, 1.82) is 0 Å². The number of hydrogen-bond acceptors (Lipinski definition) is 0. The van der Waals surface area contributed by atoms with Gasteiger partial charge in [0.05, 0.1) is 0 Å². The first-order valence-electron chi connectivity index (χ1n) is 5.28. The average Bonchev–Trinajstić information content (AvgIpc) is 2.59. The Balaban J connectivity index is 0.000000386. The molecule has 0 aliphatic heterocycles. The van der Waals surface area contributed by atoms with Crippen LogP contribution in [0, 0.1) is 12.3 Å². The first-order valence-corrected chi connectivity index (χ1v) is 13.0. The van der Waals surface area contributed by atoms with Crippen LogP contribution in [-0.2, 0) is 15.0 Å². The summed E-state index contributed by atoms with van der Waals surface area (Å²) in [4.78, 5) is 0. The Labute approximate surface area is 120 Å². The van der Waals surface area contributed by atoms with Gasteiger partial charge in [0.15, 0.2) is 0 Å². The van der Waals surface area contributed by atoms with Crippen molar-refractivity contribution in [3.63, 3.8) is 0 Å². The van der Waals surface area contributed by atoms with E-state index in [9.17, 15) is 0 Å². The van der Waals surface area contributed by atoms with Crippen molar-refractivity contribution in [3.8, 4) is 0 Å². The second kappa shape index (κ2) is 7.86. The zero-order valence-corrected chi connectivity index (χ0v) is 14.2. The van der Waals surface area contributed by atoms with Crippen LogP contribution in [0.25, 0.3) is 6.08 Å². The van der Waals surface area contributed by atoms with Gasteiger partial charge in [0.25, 0.3) is 0 Å². The molecule has 0 amide bonds. The van der Waals surface area contributed by atoms with E-state index in [0.29, 0.717) is 0 Å². The molecule has 0 N–H and O–H groups in total. The number of fused-ring (bicyclic) bond motifs is 1. The fraction of sp³-hybridized carbons (Fsp3) is 0.308. The molecule has 0 atom stereocenters. The summed E-state index contributed by atoms with van der Waals surface area (Å²) in [5.74, 6) is 0.747. The van der Waals surface area contributed by atoms with Crippen LogP contribution in [0.3, 0.4) is 0 Å². The number of rotatable bonds is 2. The molecule has 3 heteroatoms. The first kappa shape index (κ1) is 14.7. The molecule has 1 aliphatic carbocycles. The Hall–Kier alpha value is 0.634. The van der Waals surface area contributed by atoms with Crippen LogP contribution in [0.4, 0.5) is 0 Å². The van der Waals surface area contributed by atoms with Crippen molar-refractivity contribution in [2.45, 2.75) is 20.3 Å². The summed E-state index contributed by atoms with van der Waals surface area (Å²) in [7, 11) is 0. The molecule has 1 aromatic rings. The summed E-state index contributed by atoms with van der Waals surface area (Å²) in [5.41, 5.74) is 4.22. The molecule has 1 aromatic carbocycles. The van der Waals surface area contributed by atoms with Gasteiger partial charge in [0.1, 0.15) is 0 Å². The minimum atomic E-state index is 0.125. The van der Waals surface area contributed by atoms with E-state index in [2.05, 4.69) is 76.9 Å². The summed E-state index contributed by atoms with van der Waals surface area (Å²) < 4.78 is 0. The predicted molar refractivity (Wildman–Crippen MR) is 75.1 cm³/mol. The van der Waals surface area contributed by atoms with Crippen LogP contribution >= 0.6 is 26.3 Å². The second-order valence-electron chi connectivity index (χ2n) is 4.16. The van der Waals surface area contributed by atoms with Gasteiger partial charge in [-0.2, -0.15) is 0 Å². The Morgan fingerprint density at radius 2 is 1.69 bits per heavy atom. The normalized spacial score (nSPS) is 12.7. The molecule has 0 fully saturated rings. The van der Waals surface area contributed by atoms with Gasteiger partial charge < -0.3 is 0 Å². The standard InChI is InChI=1S/C13H15.2BrH.Ti/c1-10(2)7-11-8-12-5-3-4-6-13(12)9-11;;;/h3-6,8-10H,7H2,1-2H3;2*1H;/q;;;+2/p-2. The van der Waals surface area contributed by atoms with E-state index in [0.717, 1.165) is 5.92 Å². The Kier molecular flexibility index (Phi) is 7.22. The predicted octanol–water partition coefficient (Wildman–Crippen LogP) is 5.37. The van der Waals surface area contributed by atoms with Gasteiger partial charge in [0.2, 0.25) is 0 Å². The number of halogens is 2. The molecule has 0 saturated heterocycles. The zero-order chi connectivity index (χ0) is 12.0. The Morgan fingerprint density at radius 3 is 2.19 bits per heavy atom. The van der Waals surface area contributed by atoms with E-state index in [-0.39, 0.29) is 15.0 Å². The van der Waals surface area contributed by atoms with E-state index in [1.807, 2.05) is 0 Å². The van der Waals surface area contributed by atoms with Gasteiger partial charge in [-0.1, -0.05) is 49.8 Å². The van der Waals surface area contributed by atoms with Gasteiger partial charge in [-0.05, 0) is 23.5 Å². The summed E-state index contributed by atoms with van der Waals surface area (Å²) in [6, 6.07) is 8.56. The van der Waals surface area contributed by atoms with Crippen molar-refractivity contribution >= 4 is 32.4 Å². The fourth-order valence-electron chi connectivity index (χ4n) is 1.80. The topological polar surface area (TPSA) is 0 Å². The van der Waals surface area contributed by atoms with Gasteiger partial charge in [-0.25, -0.2) is 0 Å². The third-order valence-electron chi connectivity index (χ3n) is 2.32. The van der Waals surface area contributed by atoms with Crippen LogP contribution in [0.1, 0.15) is 31.4 Å². The molecule has 0 heterocycles. The summed E-state index contributed by atoms with van der Waals surface area (Å²) in [5, 5.41) is 0. The van der Waals surface area contributed by atoms with Gasteiger partial charge in [0, 0.05) is 6.42 Å². The molecule has 0 spiro atoms. The molecule has 0 aromatic heterocycles. The number of allylic oxidation sites excluding steroid dienone is 1. The SMILES string of the molecule is CC(C)CC1=Cc2ccccc2[CH]1.[Br][Ti][Br]. The average molecular weight is 379 g/mol. The molecule has 16 heavy (non-hydrogen) atoms. The van der Waals surface area contributed by atoms with Crippen LogP contribution in [-0.4, -0.2) is 0 Å². The third kappa shape index (κ3) is 4.87. The molecule has 0 bridgehead atoms. The van der Waals surface area contributed by atoms with Crippen molar-refractivity contribution in [1.82, 2.24) is 0 Å². The quantitative estimate of drug-likeness (QED) is 0.607.